The van der Waals surface area contributed by atoms with Gasteiger partial charge in [0.05, 0.1) is 11.5 Å². The SMILES string of the molecule is CC1CCCN(C(N)=NCCNc2ccccc2[N+](=O)[O-])C1.I. The van der Waals surface area contributed by atoms with Crippen LogP contribution in [0.2, 0.25) is 0 Å². The molecule has 1 aliphatic heterocycles. The quantitative estimate of drug-likeness (QED) is 0.186. The summed E-state index contributed by atoms with van der Waals surface area (Å²) in [5.74, 6) is 1.21. The van der Waals surface area contributed by atoms with Crippen LogP contribution in [0.1, 0.15) is 19.8 Å². The molecule has 0 saturated carbocycles. The Bertz CT molecular complexity index is 552. The van der Waals surface area contributed by atoms with Crippen LogP contribution in [0, 0.1) is 16.0 Å². The highest BCUT2D eigenvalue weighted by Crippen LogP contribution is 2.22. The van der Waals surface area contributed by atoms with Crippen molar-refractivity contribution >= 4 is 41.3 Å². The van der Waals surface area contributed by atoms with E-state index in [1.807, 2.05) is 0 Å². The summed E-state index contributed by atoms with van der Waals surface area (Å²) in [4.78, 5) is 17.0. The first kappa shape index (κ1) is 19.5. The number of nitro groups is 1. The zero-order valence-corrected chi connectivity index (χ0v) is 15.6. The van der Waals surface area contributed by atoms with Crippen LogP contribution >= 0.6 is 24.0 Å². The average molecular weight is 433 g/mol. The predicted molar refractivity (Wildman–Crippen MR) is 103 cm³/mol. The Morgan fingerprint density at radius 3 is 2.96 bits per heavy atom. The minimum absolute atomic E-state index is 0. The number of benzene rings is 1. The van der Waals surface area contributed by atoms with Gasteiger partial charge in [-0.25, -0.2) is 0 Å². The van der Waals surface area contributed by atoms with Crippen molar-refractivity contribution < 1.29 is 4.92 Å². The number of nitrogens with zero attached hydrogens (tertiary/aromatic N) is 3. The number of halogens is 1. The van der Waals surface area contributed by atoms with Gasteiger partial charge in [0.25, 0.3) is 5.69 Å². The van der Waals surface area contributed by atoms with Gasteiger partial charge in [-0.2, -0.15) is 0 Å². The van der Waals surface area contributed by atoms with E-state index < -0.39 is 4.92 Å². The molecule has 7 nitrogen and oxygen atoms in total. The summed E-state index contributed by atoms with van der Waals surface area (Å²) >= 11 is 0. The first-order valence-electron chi connectivity index (χ1n) is 7.60. The van der Waals surface area contributed by atoms with Crippen LogP contribution in [0.3, 0.4) is 0 Å². The minimum atomic E-state index is -0.394. The first-order chi connectivity index (χ1) is 10.6. The van der Waals surface area contributed by atoms with E-state index in [-0.39, 0.29) is 29.7 Å². The van der Waals surface area contributed by atoms with E-state index in [2.05, 4.69) is 22.1 Å². The summed E-state index contributed by atoms with van der Waals surface area (Å²) in [6.07, 6.45) is 2.38. The highest BCUT2D eigenvalue weighted by atomic mass is 127. The van der Waals surface area contributed by atoms with Gasteiger partial charge in [-0.3, -0.25) is 15.1 Å². The molecule has 1 fully saturated rings. The molecule has 8 heteroatoms. The Morgan fingerprint density at radius 1 is 1.52 bits per heavy atom. The number of nitro benzene ring substituents is 1. The molecule has 1 saturated heterocycles. The van der Waals surface area contributed by atoms with Crippen molar-refractivity contribution in [1.82, 2.24) is 4.90 Å². The number of rotatable bonds is 5. The molecule has 3 N–H and O–H groups in total. The first-order valence-corrected chi connectivity index (χ1v) is 7.60. The van der Waals surface area contributed by atoms with Crippen LogP contribution in [-0.4, -0.2) is 42.0 Å². The van der Waals surface area contributed by atoms with Gasteiger partial charge in [-0.1, -0.05) is 19.1 Å². The minimum Gasteiger partial charge on any atom is -0.378 e. The normalized spacial score (nSPS) is 18.2. The molecule has 23 heavy (non-hydrogen) atoms. The summed E-state index contributed by atoms with van der Waals surface area (Å²) in [5, 5.41) is 14.0. The highest BCUT2D eigenvalue weighted by molar-refractivity contribution is 14.0. The third kappa shape index (κ3) is 5.85. The molecule has 1 heterocycles. The molecule has 128 valence electrons. The molecule has 1 atom stereocenters. The lowest BCUT2D eigenvalue weighted by Crippen LogP contribution is -2.43. The fourth-order valence-electron chi connectivity index (χ4n) is 2.64. The summed E-state index contributed by atoms with van der Waals surface area (Å²) in [6.45, 7) is 5.12. The van der Waals surface area contributed by atoms with Crippen LogP contribution in [0.5, 0.6) is 0 Å². The molecule has 1 aromatic carbocycles. The fraction of sp³-hybridized carbons (Fsp3) is 0.533. The topological polar surface area (TPSA) is 96.8 Å². The van der Waals surface area contributed by atoms with Gasteiger partial charge < -0.3 is 16.0 Å². The fourth-order valence-corrected chi connectivity index (χ4v) is 2.64. The Balaban J connectivity index is 0.00000264. The van der Waals surface area contributed by atoms with Gasteiger partial charge in [0.15, 0.2) is 5.96 Å². The number of nitrogens with one attached hydrogen (secondary N) is 1. The van der Waals surface area contributed by atoms with Crippen molar-refractivity contribution in [3.8, 4) is 0 Å². The molecule has 1 aromatic rings. The zero-order chi connectivity index (χ0) is 15.9. The standard InChI is InChI=1S/C15H23N5O2.HI/c1-12-5-4-10-19(11-12)15(16)18-9-8-17-13-6-2-3-7-14(13)20(21)22;/h2-3,6-7,12,17H,4-5,8-11H2,1H3,(H2,16,18);1H. The lowest BCUT2D eigenvalue weighted by molar-refractivity contribution is -0.384. The number of likely N-dealkylation sites (tertiary alicyclic amines) is 1. The van der Waals surface area contributed by atoms with E-state index in [4.69, 9.17) is 5.73 Å². The lowest BCUT2D eigenvalue weighted by Gasteiger charge is -2.31. The second-order valence-electron chi connectivity index (χ2n) is 5.63. The van der Waals surface area contributed by atoms with E-state index in [1.54, 1.807) is 18.2 Å². The molecular formula is C15H24IN5O2. The number of aliphatic imine (C=N–C) groups is 1. The van der Waals surface area contributed by atoms with Gasteiger partial charge in [-0.15, -0.1) is 24.0 Å². The Kier molecular flexibility index (Phi) is 8.07. The number of para-hydroxylation sites is 2. The monoisotopic (exact) mass is 433 g/mol. The summed E-state index contributed by atoms with van der Waals surface area (Å²) in [6, 6.07) is 6.59. The van der Waals surface area contributed by atoms with Gasteiger partial charge in [0.1, 0.15) is 5.69 Å². The molecule has 0 amide bonds. The number of nitrogens with two attached hydrogens (primary N) is 1. The van der Waals surface area contributed by atoms with Gasteiger partial charge >= 0.3 is 0 Å². The smallest absolute Gasteiger partial charge is 0.292 e. The van der Waals surface area contributed by atoms with Crippen LogP contribution in [-0.2, 0) is 0 Å². The van der Waals surface area contributed by atoms with Gasteiger partial charge in [-0.05, 0) is 24.8 Å². The van der Waals surface area contributed by atoms with Crippen LogP contribution in [0.25, 0.3) is 0 Å². The van der Waals surface area contributed by atoms with E-state index in [0.29, 0.717) is 30.7 Å². The van der Waals surface area contributed by atoms with Crippen molar-refractivity contribution in [3.63, 3.8) is 0 Å². The maximum absolute atomic E-state index is 10.9. The molecule has 0 aromatic heterocycles. The largest absolute Gasteiger partial charge is 0.378 e. The summed E-state index contributed by atoms with van der Waals surface area (Å²) in [7, 11) is 0. The van der Waals surface area contributed by atoms with Crippen molar-refractivity contribution in [2.45, 2.75) is 19.8 Å². The van der Waals surface area contributed by atoms with Crippen molar-refractivity contribution in [2.75, 3.05) is 31.5 Å². The molecule has 0 bridgehead atoms. The van der Waals surface area contributed by atoms with Gasteiger partial charge in [0.2, 0.25) is 0 Å². The number of piperidine rings is 1. The van der Waals surface area contributed by atoms with Crippen molar-refractivity contribution in [3.05, 3.63) is 34.4 Å². The van der Waals surface area contributed by atoms with Crippen LogP contribution < -0.4 is 11.1 Å². The van der Waals surface area contributed by atoms with Crippen LogP contribution in [0.15, 0.2) is 29.3 Å². The molecule has 0 spiro atoms. The molecular weight excluding hydrogens is 409 g/mol. The average Bonchev–Trinajstić information content (AvgIpc) is 2.51. The number of anilines is 1. The Hall–Kier alpha value is -1.58. The third-order valence-electron chi connectivity index (χ3n) is 3.78. The maximum atomic E-state index is 10.9. The number of hydrogen-bond donors (Lipinski definition) is 2. The third-order valence-corrected chi connectivity index (χ3v) is 3.78. The van der Waals surface area contributed by atoms with E-state index in [0.717, 1.165) is 19.5 Å². The second-order valence-corrected chi connectivity index (χ2v) is 5.63. The van der Waals surface area contributed by atoms with Gasteiger partial charge in [0, 0.05) is 25.7 Å². The summed E-state index contributed by atoms with van der Waals surface area (Å²) in [5.41, 5.74) is 6.59. The molecule has 1 unspecified atom stereocenters. The summed E-state index contributed by atoms with van der Waals surface area (Å²) < 4.78 is 0. The van der Waals surface area contributed by atoms with E-state index >= 15 is 0 Å². The van der Waals surface area contributed by atoms with E-state index in [1.165, 1.54) is 12.5 Å². The Morgan fingerprint density at radius 2 is 2.26 bits per heavy atom. The number of hydrogen-bond acceptors (Lipinski definition) is 4. The zero-order valence-electron chi connectivity index (χ0n) is 13.3. The Labute approximate surface area is 153 Å². The maximum Gasteiger partial charge on any atom is 0.292 e. The van der Waals surface area contributed by atoms with Crippen molar-refractivity contribution in [2.24, 2.45) is 16.6 Å². The van der Waals surface area contributed by atoms with E-state index in [9.17, 15) is 10.1 Å². The molecule has 0 radical (unpaired) electrons. The molecule has 0 aliphatic carbocycles. The number of guanidine groups is 1. The second kappa shape index (κ2) is 9.53. The molecule has 2 rings (SSSR count). The van der Waals surface area contributed by atoms with Crippen molar-refractivity contribution in [1.29, 1.82) is 0 Å². The highest BCUT2D eigenvalue weighted by Gasteiger charge is 2.17. The molecule has 1 aliphatic rings. The predicted octanol–water partition coefficient (Wildman–Crippen LogP) is 2.67. The van der Waals surface area contributed by atoms with Crippen LogP contribution in [0.4, 0.5) is 11.4 Å². The lowest BCUT2D eigenvalue weighted by atomic mass is 10.0.